The third kappa shape index (κ3) is 3.81. The zero-order chi connectivity index (χ0) is 20.5. The molecule has 0 spiro atoms. The van der Waals surface area contributed by atoms with E-state index in [1.54, 1.807) is 19.1 Å². The maximum Gasteiger partial charge on any atom is 0.247 e. The Bertz CT molecular complexity index is 971. The molecule has 1 aromatic heterocycles. The largest absolute Gasteiger partial charge is 0.421 e. The Labute approximate surface area is 167 Å². The molecule has 1 saturated heterocycles. The first-order valence-corrected chi connectivity index (χ1v) is 9.29. The number of rotatable bonds is 4. The van der Waals surface area contributed by atoms with Crippen molar-refractivity contribution in [1.82, 2.24) is 10.2 Å². The Morgan fingerprint density at radius 2 is 1.59 bits per heavy atom. The average Bonchev–Trinajstić information content (AvgIpc) is 3.19. The van der Waals surface area contributed by atoms with Crippen molar-refractivity contribution in [2.45, 2.75) is 37.4 Å². The predicted octanol–water partition coefficient (Wildman–Crippen LogP) is 1.23. The number of benzene rings is 2. The molecule has 5 unspecified atom stereocenters. The minimum Gasteiger partial charge on any atom is -0.421 e. The lowest BCUT2D eigenvalue weighted by molar-refractivity contribution is -0.231. The van der Waals surface area contributed by atoms with Gasteiger partial charge >= 0.3 is 0 Å². The minimum absolute atomic E-state index is 0.447. The smallest absolute Gasteiger partial charge is 0.247 e. The van der Waals surface area contributed by atoms with Gasteiger partial charge in [0.2, 0.25) is 11.8 Å². The van der Waals surface area contributed by atoms with Gasteiger partial charge in [0.05, 0.1) is 6.61 Å². The maximum absolute atomic E-state index is 10.3. The lowest BCUT2D eigenvalue weighted by atomic mass is 9.90. The van der Waals surface area contributed by atoms with E-state index >= 15 is 0 Å². The molecule has 0 aliphatic carbocycles. The number of nitrogens with zero attached hydrogens (tertiary/aromatic N) is 2. The second-order valence-corrected chi connectivity index (χ2v) is 7.08. The molecule has 4 rings (SSSR count). The zero-order valence-electron chi connectivity index (χ0n) is 15.7. The van der Waals surface area contributed by atoms with Crippen LogP contribution in [0.3, 0.4) is 0 Å². The van der Waals surface area contributed by atoms with Crippen molar-refractivity contribution in [2.24, 2.45) is 0 Å². The Kier molecular flexibility index (Phi) is 5.44. The molecule has 0 saturated carbocycles. The summed E-state index contributed by atoms with van der Waals surface area (Å²) in [7, 11) is 0. The topological polar surface area (TPSA) is 129 Å². The standard InChI is InChI=1S/C21H22N2O6/c1-11-22-23-21(28-11)15-4-2-3-14(9-15)12-5-7-13(8-6-12)20-19(27)18(26)17(25)16(10-24)29-20/h2-9,16-20,24-27H,10H2,1H3. The second-order valence-electron chi connectivity index (χ2n) is 7.08. The highest BCUT2D eigenvalue weighted by molar-refractivity contribution is 5.69. The maximum atomic E-state index is 10.3. The molecular weight excluding hydrogens is 376 g/mol. The molecule has 5 atom stereocenters. The van der Waals surface area contributed by atoms with Crippen LogP contribution in [0.25, 0.3) is 22.6 Å². The third-order valence-electron chi connectivity index (χ3n) is 5.10. The Hall–Kier alpha value is -2.62. The van der Waals surface area contributed by atoms with Gasteiger partial charge in [0.15, 0.2) is 0 Å². The van der Waals surface area contributed by atoms with Crippen LogP contribution in [-0.4, -0.2) is 61.6 Å². The van der Waals surface area contributed by atoms with Gasteiger partial charge in [-0.2, -0.15) is 0 Å². The average molecular weight is 398 g/mol. The molecule has 0 radical (unpaired) electrons. The first kappa shape index (κ1) is 19.7. The molecule has 29 heavy (non-hydrogen) atoms. The van der Waals surface area contributed by atoms with Crippen LogP contribution < -0.4 is 0 Å². The van der Waals surface area contributed by atoms with E-state index in [-0.39, 0.29) is 0 Å². The van der Waals surface area contributed by atoms with Gasteiger partial charge in [0.1, 0.15) is 30.5 Å². The lowest BCUT2D eigenvalue weighted by Crippen LogP contribution is -2.55. The number of aromatic nitrogens is 2. The number of aryl methyl sites for hydroxylation is 1. The summed E-state index contributed by atoms with van der Waals surface area (Å²) < 4.78 is 11.1. The lowest BCUT2D eigenvalue weighted by Gasteiger charge is -2.40. The molecular formula is C21H22N2O6. The van der Waals surface area contributed by atoms with Gasteiger partial charge in [-0.25, -0.2) is 0 Å². The molecule has 3 aromatic rings. The summed E-state index contributed by atoms with van der Waals surface area (Å²) in [6.45, 7) is 1.28. The van der Waals surface area contributed by atoms with Gasteiger partial charge < -0.3 is 29.6 Å². The van der Waals surface area contributed by atoms with Crippen LogP contribution >= 0.6 is 0 Å². The molecule has 8 heteroatoms. The minimum atomic E-state index is -1.40. The quantitative estimate of drug-likeness (QED) is 0.516. The molecule has 0 amide bonds. The molecule has 2 heterocycles. The summed E-state index contributed by atoms with van der Waals surface area (Å²) in [6, 6.07) is 15.0. The van der Waals surface area contributed by atoms with Crippen LogP contribution in [0.2, 0.25) is 0 Å². The molecule has 152 valence electrons. The van der Waals surface area contributed by atoms with E-state index in [1.165, 1.54) is 0 Å². The summed E-state index contributed by atoms with van der Waals surface area (Å²) in [6.07, 6.45) is -5.87. The molecule has 0 bridgehead atoms. The van der Waals surface area contributed by atoms with Crippen molar-refractivity contribution in [2.75, 3.05) is 6.61 Å². The fourth-order valence-corrected chi connectivity index (χ4v) is 3.49. The third-order valence-corrected chi connectivity index (χ3v) is 5.10. The fourth-order valence-electron chi connectivity index (χ4n) is 3.49. The first-order valence-electron chi connectivity index (χ1n) is 9.29. The van der Waals surface area contributed by atoms with Crippen molar-refractivity contribution in [3.05, 3.63) is 60.0 Å². The van der Waals surface area contributed by atoms with E-state index in [9.17, 15) is 20.4 Å². The molecule has 2 aromatic carbocycles. The number of hydrogen-bond acceptors (Lipinski definition) is 8. The van der Waals surface area contributed by atoms with Crippen LogP contribution in [-0.2, 0) is 4.74 Å². The van der Waals surface area contributed by atoms with Crippen molar-refractivity contribution >= 4 is 0 Å². The highest BCUT2D eigenvalue weighted by Crippen LogP contribution is 2.34. The van der Waals surface area contributed by atoms with E-state index < -0.39 is 37.1 Å². The number of ether oxygens (including phenoxy) is 1. The zero-order valence-corrected chi connectivity index (χ0v) is 15.7. The monoisotopic (exact) mass is 398 g/mol. The van der Waals surface area contributed by atoms with Crippen LogP contribution in [0, 0.1) is 6.92 Å². The second kappa shape index (κ2) is 8.02. The van der Waals surface area contributed by atoms with Gasteiger partial charge in [-0.15, -0.1) is 10.2 Å². The van der Waals surface area contributed by atoms with E-state index in [0.29, 0.717) is 17.3 Å². The van der Waals surface area contributed by atoms with Gasteiger partial charge in [-0.3, -0.25) is 0 Å². The summed E-state index contributed by atoms with van der Waals surface area (Å²) in [5, 5.41) is 47.4. The highest BCUT2D eigenvalue weighted by Gasteiger charge is 2.43. The van der Waals surface area contributed by atoms with Crippen LogP contribution in [0.15, 0.2) is 52.9 Å². The van der Waals surface area contributed by atoms with E-state index in [2.05, 4.69) is 10.2 Å². The number of hydrogen-bond donors (Lipinski definition) is 4. The van der Waals surface area contributed by atoms with Gasteiger partial charge in [0.25, 0.3) is 0 Å². The summed E-state index contributed by atoms with van der Waals surface area (Å²) in [5.41, 5.74) is 3.31. The van der Waals surface area contributed by atoms with E-state index in [1.807, 2.05) is 36.4 Å². The number of aliphatic hydroxyl groups is 4. The molecule has 1 fully saturated rings. The van der Waals surface area contributed by atoms with Crippen LogP contribution in [0.1, 0.15) is 17.6 Å². The Morgan fingerprint density at radius 3 is 2.24 bits per heavy atom. The van der Waals surface area contributed by atoms with Crippen molar-refractivity contribution in [1.29, 1.82) is 0 Å². The normalized spacial score (nSPS) is 27.1. The first-order chi connectivity index (χ1) is 14.0. The molecule has 8 nitrogen and oxygen atoms in total. The van der Waals surface area contributed by atoms with Gasteiger partial charge in [0, 0.05) is 12.5 Å². The van der Waals surface area contributed by atoms with Crippen molar-refractivity contribution < 1.29 is 29.6 Å². The summed E-state index contributed by atoms with van der Waals surface area (Å²) in [4.78, 5) is 0. The highest BCUT2D eigenvalue weighted by atomic mass is 16.5. The molecule has 1 aliphatic rings. The van der Waals surface area contributed by atoms with Crippen LogP contribution in [0.5, 0.6) is 0 Å². The number of aliphatic hydroxyl groups excluding tert-OH is 4. The summed E-state index contributed by atoms with van der Waals surface area (Å²) in [5.74, 6) is 0.941. The SMILES string of the molecule is Cc1nnc(-c2cccc(-c3ccc(C4OC(CO)C(O)C(O)C4O)cc3)c2)o1. The van der Waals surface area contributed by atoms with Crippen LogP contribution in [0.4, 0.5) is 0 Å². The predicted molar refractivity (Wildman–Crippen MR) is 103 cm³/mol. The van der Waals surface area contributed by atoms with Gasteiger partial charge in [-0.05, 0) is 28.8 Å². The van der Waals surface area contributed by atoms with Gasteiger partial charge in [-0.1, -0.05) is 36.4 Å². The Balaban J connectivity index is 1.58. The van der Waals surface area contributed by atoms with E-state index in [4.69, 9.17) is 9.15 Å². The van der Waals surface area contributed by atoms with E-state index in [0.717, 1.165) is 16.7 Å². The molecule has 1 aliphatic heterocycles. The fraction of sp³-hybridized carbons (Fsp3) is 0.333. The van der Waals surface area contributed by atoms with Crippen molar-refractivity contribution in [3.63, 3.8) is 0 Å². The Morgan fingerprint density at radius 1 is 0.862 bits per heavy atom. The van der Waals surface area contributed by atoms with Crippen molar-refractivity contribution in [3.8, 4) is 22.6 Å². The summed E-state index contributed by atoms with van der Waals surface area (Å²) >= 11 is 0. The molecule has 4 N–H and O–H groups in total.